The highest BCUT2D eigenvalue weighted by molar-refractivity contribution is 7.85. The molecule has 3 heterocycles. The van der Waals surface area contributed by atoms with Crippen molar-refractivity contribution in [3.8, 4) is 0 Å². The highest BCUT2D eigenvalue weighted by Gasteiger charge is 2.56. The average Bonchev–Trinajstić information content (AvgIpc) is 3.30. The number of anilines is 2. The molecule has 2 spiro atoms. The molecule has 6 nitrogen and oxygen atoms in total. The lowest BCUT2D eigenvalue weighted by Crippen LogP contribution is -2.58. The van der Waals surface area contributed by atoms with E-state index in [9.17, 15) is 9.32 Å². The zero-order valence-corrected chi connectivity index (χ0v) is 19.6. The van der Waals surface area contributed by atoms with Crippen molar-refractivity contribution < 1.29 is 9.32 Å². The van der Waals surface area contributed by atoms with E-state index >= 15 is 0 Å². The van der Waals surface area contributed by atoms with Gasteiger partial charge >= 0.3 is 0 Å². The van der Waals surface area contributed by atoms with E-state index in [1.54, 1.807) is 0 Å². The SMILES string of the molecule is O=[S@]1CC2(CC2)c2nc(N3CC4(Cc5ccc(Cl)cc5C4)C3)nc(NC3(CO)CCC3)c21. The Morgan fingerprint density at radius 3 is 2.59 bits per heavy atom. The van der Waals surface area contributed by atoms with E-state index in [-0.39, 0.29) is 23.0 Å². The van der Waals surface area contributed by atoms with Crippen LogP contribution in [-0.4, -0.2) is 50.3 Å². The third-order valence-corrected chi connectivity index (χ3v) is 10.4. The minimum absolute atomic E-state index is 0.0107. The molecule has 3 fully saturated rings. The Morgan fingerprint density at radius 2 is 1.91 bits per heavy atom. The van der Waals surface area contributed by atoms with Crippen LogP contribution in [0, 0.1) is 5.41 Å². The summed E-state index contributed by atoms with van der Waals surface area (Å²) >= 11 is 6.22. The number of nitrogens with one attached hydrogen (secondary N) is 1. The molecule has 2 aromatic rings. The van der Waals surface area contributed by atoms with Gasteiger partial charge in [-0.3, -0.25) is 4.21 Å². The van der Waals surface area contributed by atoms with Crippen LogP contribution in [-0.2, 0) is 29.1 Å². The van der Waals surface area contributed by atoms with E-state index in [2.05, 4.69) is 22.3 Å². The summed E-state index contributed by atoms with van der Waals surface area (Å²) in [5.41, 5.74) is 3.68. The van der Waals surface area contributed by atoms with Gasteiger partial charge in [0.05, 0.1) is 28.6 Å². The maximum atomic E-state index is 13.0. The fourth-order valence-electron chi connectivity index (χ4n) is 6.27. The zero-order chi connectivity index (χ0) is 21.7. The number of aromatic nitrogens is 2. The molecule has 2 aliphatic heterocycles. The number of aliphatic hydroxyl groups is 1. The first-order valence-corrected chi connectivity index (χ1v) is 13.3. The molecule has 2 N–H and O–H groups in total. The zero-order valence-electron chi connectivity index (χ0n) is 18.0. The van der Waals surface area contributed by atoms with Crippen LogP contribution in [0.4, 0.5) is 11.8 Å². The van der Waals surface area contributed by atoms with Gasteiger partial charge in [0.25, 0.3) is 0 Å². The Kier molecular flexibility index (Phi) is 3.98. The first kappa shape index (κ1) is 19.7. The van der Waals surface area contributed by atoms with Gasteiger partial charge in [-0.05, 0) is 68.2 Å². The van der Waals surface area contributed by atoms with Crippen LogP contribution in [0.1, 0.15) is 48.9 Å². The molecule has 0 bridgehead atoms. The molecule has 1 aromatic heterocycles. The molecule has 168 valence electrons. The minimum Gasteiger partial charge on any atom is -0.394 e. The van der Waals surface area contributed by atoms with Crippen molar-refractivity contribution in [2.75, 3.05) is 35.7 Å². The van der Waals surface area contributed by atoms with Crippen LogP contribution in [0.3, 0.4) is 0 Å². The number of rotatable bonds is 4. The third-order valence-electron chi connectivity index (χ3n) is 8.48. The van der Waals surface area contributed by atoms with Gasteiger partial charge in [0.15, 0.2) is 0 Å². The second-order valence-corrected chi connectivity index (χ2v) is 12.7. The molecule has 3 aliphatic carbocycles. The Labute approximate surface area is 195 Å². The summed E-state index contributed by atoms with van der Waals surface area (Å²) in [6.07, 6.45) is 7.19. The molecule has 1 atom stereocenters. The third kappa shape index (κ3) is 2.77. The van der Waals surface area contributed by atoms with Crippen molar-refractivity contribution in [3.05, 3.63) is 40.0 Å². The van der Waals surface area contributed by atoms with Crippen LogP contribution in [0.2, 0.25) is 5.02 Å². The summed E-state index contributed by atoms with van der Waals surface area (Å²) < 4.78 is 13.0. The standard InChI is InChI=1S/C24H27ClN4O2S/c25-17-3-2-15-9-22(10-16(15)8-17)11-29(12-22)21-26-19-18(32(31)14-23(19)6-7-23)20(27-21)28-24(13-30)4-1-5-24/h2-3,8,30H,1,4-7,9-14H2,(H,26,27,28)/t32-/m0/s1. The Balaban J connectivity index is 1.21. The first-order chi connectivity index (χ1) is 15.4. The number of nitrogens with zero attached hydrogens (tertiary/aromatic N) is 3. The average molecular weight is 471 g/mol. The molecule has 7 rings (SSSR count). The molecule has 0 amide bonds. The van der Waals surface area contributed by atoms with Crippen LogP contribution in [0.5, 0.6) is 0 Å². The smallest absolute Gasteiger partial charge is 0.227 e. The largest absolute Gasteiger partial charge is 0.394 e. The lowest BCUT2D eigenvalue weighted by molar-refractivity contribution is 0.143. The fourth-order valence-corrected chi connectivity index (χ4v) is 8.33. The van der Waals surface area contributed by atoms with Gasteiger partial charge in [0, 0.05) is 34.7 Å². The number of hydrogen-bond acceptors (Lipinski definition) is 6. The van der Waals surface area contributed by atoms with Crippen molar-refractivity contribution in [1.29, 1.82) is 0 Å². The van der Waals surface area contributed by atoms with Gasteiger partial charge in [-0.1, -0.05) is 17.7 Å². The molecule has 8 heteroatoms. The maximum absolute atomic E-state index is 13.0. The van der Waals surface area contributed by atoms with E-state index in [0.717, 1.165) is 79.6 Å². The Hall–Kier alpha value is -1.70. The molecule has 0 unspecified atom stereocenters. The topological polar surface area (TPSA) is 78.4 Å². The summed E-state index contributed by atoms with van der Waals surface area (Å²) in [5.74, 6) is 2.12. The van der Waals surface area contributed by atoms with Crippen molar-refractivity contribution in [2.24, 2.45) is 5.41 Å². The normalized spacial score (nSPS) is 27.1. The summed E-state index contributed by atoms with van der Waals surface area (Å²) in [4.78, 5) is 13.0. The molecule has 0 radical (unpaired) electrons. The molecule has 5 aliphatic rings. The molecule has 1 aromatic carbocycles. The predicted molar refractivity (Wildman–Crippen MR) is 125 cm³/mol. The number of halogens is 1. The second-order valence-electron chi connectivity index (χ2n) is 10.9. The fraction of sp³-hybridized carbons (Fsp3) is 0.583. The quantitative estimate of drug-likeness (QED) is 0.714. The number of fused-ring (bicyclic) bond motifs is 3. The number of hydrogen-bond donors (Lipinski definition) is 2. The first-order valence-electron chi connectivity index (χ1n) is 11.6. The van der Waals surface area contributed by atoms with Crippen molar-refractivity contribution in [1.82, 2.24) is 9.97 Å². The lowest BCUT2D eigenvalue weighted by atomic mass is 9.77. The Bertz CT molecular complexity index is 1170. The van der Waals surface area contributed by atoms with Gasteiger partial charge in [-0.15, -0.1) is 0 Å². The van der Waals surface area contributed by atoms with E-state index in [1.807, 2.05) is 6.07 Å². The molecular weight excluding hydrogens is 444 g/mol. The summed E-state index contributed by atoms with van der Waals surface area (Å²) in [5, 5.41) is 14.3. The van der Waals surface area contributed by atoms with Gasteiger partial charge in [-0.25, -0.2) is 4.98 Å². The molecule has 32 heavy (non-hydrogen) atoms. The highest BCUT2D eigenvalue weighted by atomic mass is 35.5. The van der Waals surface area contributed by atoms with E-state index < -0.39 is 10.8 Å². The van der Waals surface area contributed by atoms with Crippen LogP contribution >= 0.6 is 11.6 Å². The van der Waals surface area contributed by atoms with E-state index in [4.69, 9.17) is 21.6 Å². The summed E-state index contributed by atoms with van der Waals surface area (Å²) in [6, 6.07) is 6.27. The van der Waals surface area contributed by atoms with Gasteiger partial charge in [-0.2, -0.15) is 4.98 Å². The van der Waals surface area contributed by atoms with Gasteiger partial charge in [0.1, 0.15) is 10.7 Å². The number of benzene rings is 1. The molecule has 1 saturated heterocycles. The van der Waals surface area contributed by atoms with Crippen LogP contribution in [0.25, 0.3) is 0 Å². The Morgan fingerprint density at radius 1 is 1.12 bits per heavy atom. The van der Waals surface area contributed by atoms with Gasteiger partial charge < -0.3 is 15.3 Å². The summed E-state index contributed by atoms with van der Waals surface area (Å²) in [7, 11) is -1.07. The maximum Gasteiger partial charge on any atom is 0.227 e. The molecular formula is C24H27ClN4O2S. The second kappa shape index (κ2) is 6.45. The number of aliphatic hydroxyl groups excluding tert-OH is 1. The van der Waals surface area contributed by atoms with Crippen molar-refractivity contribution >= 4 is 34.2 Å². The predicted octanol–water partition coefficient (Wildman–Crippen LogP) is 3.21. The van der Waals surface area contributed by atoms with Crippen LogP contribution < -0.4 is 10.2 Å². The van der Waals surface area contributed by atoms with Crippen LogP contribution in [0.15, 0.2) is 23.1 Å². The van der Waals surface area contributed by atoms with Crippen molar-refractivity contribution in [3.63, 3.8) is 0 Å². The van der Waals surface area contributed by atoms with Crippen molar-refractivity contribution in [2.45, 2.75) is 60.8 Å². The van der Waals surface area contributed by atoms with E-state index in [0.29, 0.717) is 11.6 Å². The lowest BCUT2D eigenvalue weighted by Gasteiger charge is -2.48. The highest BCUT2D eigenvalue weighted by Crippen LogP contribution is 2.56. The molecule has 2 saturated carbocycles. The summed E-state index contributed by atoms with van der Waals surface area (Å²) in [6.45, 7) is 1.93. The minimum atomic E-state index is -1.07. The monoisotopic (exact) mass is 470 g/mol. The van der Waals surface area contributed by atoms with Gasteiger partial charge in [0.2, 0.25) is 5.95 Å². The van der Waals surface area contributed by atoms with E-state index in [1.165, 1.54) is 11.1 Å².